The van der Waals surface area contributed by atoms with E-state index in [1.54, 1.807) is 0 Å². The molecule has 1 fully saturated rings. The zero-order valence-electron chi connectivity index (χ0n) is 11.0. The van der Waals surface area contributed by atoms with E-state index >= 15 is 0 Å². The van der Waals surface area contributed by atoms with Crippen molar-refractivity contribution in [3.05, 3.63) is 23.8 Å². The van der Waals surface area contributed by atoms with Crippen molar-refractivity contribution in [2.75, 3.05) is 25.5 Å². The monoisotopic (exact) mass is 286 g/mol. The van der Waals surface area contributed by atoms with Crippen LogP contribution in [-0.2, 0) is 0 Å². The molecule has 1 atom stereocenters. The number of amides is 2. The number of rotatable bonds is 2. The molecule has 2 rings (SSSR count). The van der Waals surface area contributed by atoms with Crippen LogP contribution in [0.3, 0.4) is 0 Å². The normalized spacial score (nSPS) is 18.8. The summed E-state index contributed by atoms with van der Waals surface area (Å²) in [5, 5.41) is 11.9. The molecule has 2 N–H and O–H groups in total. The zero-order valence-corrected chi connectivity index (χ0v) is 11.0. The van der Waals surface area contributed by atoms with Crippen molar-refractivity contribution >= 4 is 11.7 Å². The number of nitrogens with one attached hydrogen (secondary N) is 1. The molecule has 2 amide bonds. The second-order valence-electron chi connectivity index (χ2n) is 4.65. The molecule has 1 aromatic carbocycles. The van der Waals surface area contributed by atoms with Gasteiger partial charge in [0.05, 0.1) is 13.2 Å². The molecule has 110 valence electrons. The van der Waals surface area contributed by atoms with Gasteiger partial charge < -0.3 is 20.1 Å². The Kier molecular flexibility index (Phi) is 4.39. The minimum atomic E-state index is -0.888. The van der Waals surface area contributed by atoms with E-state index in [4.69, 9.17) is 0 Å². The Morgan fingerprint density at radius 3 is 2.65 bits per heavy atom. The lowest BCUT2D eigenvalue weighted by atomic mass is 10.1. The van der Waals surface area contributed by atoms with E-state index in [1.807, 2.05) is 0 Å². The fraction of sp³-hybridized carbons (Fsp3) is 0.462. The summed E-state index contributed by atoms with van der Waals surface area (Å²) in [5.41, 5.74) is 0.00543. The van der Waals surface area contributed by atoms with Crippen LogP contribution in [0, 0.1) is 11.6 Å². The van der Waals surface area contributed by atoms with Crippen LogP contribution in [0.25, 0.3) is 0 Å². The van der Waals surface area contributed by atoms with E-state index in [2.05, 4.69) is 10.1 Å². The van der Waals surface area contributed by atoms with Gasteiger partial charge in [-0.3, -0.25) is 0 Å². The molecule has 0 spiro atoms. The molecule has 0 aliphatic carbocycles. The third-order valence-electron chi connectivity index (χ3n) is 3.14. The SMILES string of the molecule is COc1c(F)cc(NC(=O)N2CCCC(O)C2)cc1F. The molecule has 1 saturated heterocycles. The molecular weight excluding hydrogens is 270 g/mol. The number of anilines is 1. The van der Waals surface area contributed by atoms with Crippen molar-refractivity contribution in [1.82, 2.24) is 4.90 Å². The van der Waals surface area contributed by atoms with Crippen LogP contribution in [0.5, 0.6) is 5.75 Å². The van der Waals surface area contributed by atoms with Gasteiger partial charge in [0.15, 0.2) is 17.4 Å². The Bertz CT molecular complexity index is 487. The average molecular weight is 286 g/mol. The number of aliphatic hydroxyl groups is 1. The lowest BCUT2D eigenvalue weighted by Gasteiger charge is -2.30. The van der Waals surface area contributed by atoms with Gasteiger partial charge >= 0.3 is 6.03 Å². The summed E-state index contributed by atoms with van der Waals surface area (Å²) in [7, 11) is 1.16. The summed E-state index contributed by atoms with van der Waals surface area (Å²) in [6, 6.07) is 1.48. The van der Waals surface area contributed by atoms with Crippen molar-refractivity contribution in [1.29, 1.82) is 0 Å². The van der Waals surface area contributed by atoms with Gasteiger partial charge in [0.1, 0.15) is 0 Å². The fourth-order valence-corrected chi connectivity index (χ4v) is 2.17. The van der Waals surface area contributed by atoms with E-state index in [0.717, 1.165) is 19.2 Å². The number of carbonyl (C=O) groups excluding carboxylic acids is 1. The standard InChI is InChI=1S/C13H16F2N2O3/c1-20-12-10(14)5-8(6-11(12)15)16-13(19)17-4-2-3-9(18)7-17/h5-6,9,18H,2-4,7H2,1H3,(H,16,19). The van der Waals surface area contributed by atoms with Gasteiger partial charge in [-0.1, -0.05) is 0 Å². The van der Waals surface area contributed by atoms with Gasteiger partial charge in [0, 0.05) is 30.9 Å². The van der Waals surface area contributed by atoms with Crippen LogP contribution in [0.4, 0.5) is 19.3 Å². The number of likely N-dealkylation sites (tertiary alicyclic amines) is 1. The molecule has 20 heavy (non-hydrogen) atoms. The number of nitrogens with zero attached hydrogens (tertiary/aromatic N) is 1. The topological polar surface area (TPSA) is 61.8 Å². The summed E-state index contributed by atoms with van der Waals surface area (Å²) < 4.78 is 31.6. The Morgan fingerprint density at radius 1 is 1.45 bits per heavy atom. The van der Waals surface area contributed by atoms with Crippen molar-refractivity contribution in [2.45, 2.75) is 18.9 Å². The number of piperidine rings is 1. The number of aliphatic hydroxyl groups excluding tert-OH is 1. The van der Waals surface area contributed by atoms with Gasteiger partial charge in [-0.15, -0.1) is 0 Å². The third kappa shape index (κ3) is 3.16. The predicted molar refractivity (Wildman–Crippen MR) is 68.7 cm³/mol. The van der Waals surface area contributed by atoms with E-state index in [0.29, 0.717) is 19.4 Å². The van der Waals surface area contributed by atoms with Gasteiger partial charge in [-0.2, -0.15) is 0 Å². The first-order valence-corrected chi connectivity index (χ1v) is 6.28. The summed E-state index contributed by atoms with van der Waals surface area (Å²) >= 11 is 0. The Labute approximate surface area is 115 Å². The molecule has 0 bridgehead atoms. The van der Waals surface area contributed by atoms with Crippen LogP contribution in [0.15, 0.2) is 12.1 Å². The Balaban J connectivity index is 2.08. The molecule has 0 aromatic heterocycles. The van der Waals surface area contributed by atoms with E-state index in [1.165, 1.54) is 4.90 Å². The van der Waals surface area contributed by atoms with Crippen molar-refractivity contribution in [3.8, 4) is 5.75 Å². The second-order valence-corrected chi connectivity index (χ2v) is 4.65. The van der Waals surface area contributed by atoms with E-state index in [9.17, 15) is 18.7 Å². The molecular formula is C13H16F2N2O3. The first-order chi connectivity index (χ1) is 9.51. The maximum Gasteiger partial charge on any atom is 0.321 e. The second kappa shape index (κ2) is 6.04. The minimum absolute atomic E-state index is 0.00543. The Morgan fingerprint density at radius 2 is 2.10 bits per heavy atom. The number of hydrogen-bond acceptors (Lipinski definition) is 3. The maximum atomic E-state index is 13.5. The molecule has 1 aromatic rings. The molecule has 1 aliphatic rings. The zero-order chi connectivity index (χ0) is 14.7. The van der Waals surface area contributed by atoms with Gasteiger partial charge in [0.2, 0.25) is 0 Å². The number of carbonyl (C=O) groups is 1. The largest absolute Gasteiger partial charge is 0.491 e. The van der Waals surface area contributed by atoms with Crippen LogP contribution in [0.2, 0.25) is 0 Å². The number of hydrogen-bond donors (Lipinski definition) is 2. The van der Waals surface area contributed by atoms with Gasteiger partial charge in [-0.05, 0) is 12.8 Å². The highest BCUT2D eigenvalue weighted by molar-refractivity contribution is 5.89. The van der Waals surface area contributed by atoms with Crippen LogP contribution in [-0.4, -0.2) is 42.3 Å². The first-order valence-electron chi connectivity index (χ1n) is 6.28. The number of halogens is 2. The summed E-state index contributed by atoms with van der Waals surface area (Å²) in [5.74, 6) is -2.26. The molecule has 1 heterocycles. The highest BCUT2D eigenvalue weighted by atomic mass is 19.1. The maximum absolute atomic E-state index is 13.5. The van der Waals surface area contributed by atoms with Gasteiger partial charge in [-0.25, -0.2) is 13.6 Å². The minimum Gasteiger partial charge on any atom is -0.491 e. The number of urea groups is 1. The van der Waals surface area contributed by atoms with Crippen molar-refractivity contribution < 1.29 is 23.4 Å². The van der Waals surface area contributed by atoms with Crippen LogP contribution < -0.4 is 10.1 Å². The highest BCUT2D eigenvalue weighted by Crippen LogP contribution is 2.25. The number of benzene rings is 1. The summed E-state index contributed by atoms with van der Waals surface area (Å²) in [4.78, 5) is 13.3. The molecule has 0 saturated carbocycles. The quantitative estimate of drug-likeness (QED) is 0.873. The highest BCUT2D eigenvalue weighted by Gasteiger charge is 2.22. The van der Waals surface area contributed by atoms with Gasteiger partial charge in [0.25, 0.3) is 0 Å². The summed E-state index contributed by atoms with van der Waals surface area (Å²) in [6.07, 6.45) is 0.786. The number of methoxy groups -OCH3 is 1. The van der Waals surface area contributed by atoms with Crippen LogP contribution in [0.1, 0.15) is 12.8 Å². The molecule has 0 radical (unpaired) electrons. The van der Waals surface area contributed by atoms with Crippen molar-refractivity contribution in [3.63, 3.8) is 0 Å². The lowest BCUT2D eigenvalue weighted by Crippen LogP contribution is -2.44. The molecule has 1 unspecified atom stereocenters. The fourth-order valence-electron chi connectivity index (χ4n) is 2.17. The Hall–Kier alpha value is -1.89. The summed E-state index contributed by atoms with van der Waals surface area (Å²) in [6.45, 7) is 0.719. The lowest BCUT2D eigenvalue weighted by molar-refractivity contribution is 0.0883. The van der Waals surface area contributed by atoms with E-state index < -0.39 is 29.5 Å². The number of ether oxygens (including phenoxy) is 1. The average Bonchev–Trinajstić information content (AvgIpc) is 2.38. The van der Waals surface area contributed by atoms with Crippen molar-refractivity contribution in [2.24, 2.45) is 0 Å². The first kappa shape index (κ1) is 14.5. The predicted octanol–water partition coefficient (Wildman–Crippen LogP) is 1.96. The van der Waals surface area contributed by atoms with Crippen LogP contribution >= 0.6 is 0 Å². The number of β-amino-alcohol motifs (C(OH)–C–C–N with tert-alkyl or cyclic N) is 1. The smallest absolute Gasteiger partial charge is 0.321 e. The third-order valence-corrected chi connectivity index (χ3v) is 3.14. The van der Waals surface area contributed by atoms with E-state index in [-0.39, 0.29) is 12.2 Å². The molecule has 1 aliphatic heterocycles. The molecule has 5 nitrogen and oxygen atoms in total. The molecule has 7 heteroatoms.